The monoisotopic (exact) mass is 318 g/mol. The number of rotatable bonds is 4. The molecule has 0 aliphatic carbocycles. The number of nitrogens with zero attached hydrogens (tertiary/aromatic N) is 2. The highest BCUT2D eigenvalue weighted by atomic mass is 35.5. The quantitative estimate of drug-likeness (QED) is 0.910. The molecule has 6 heteroatoms. The number of aromatic nitrogens is 2. The number of aliphatic hydroxyl groups excluding tert-OH is 1. The lowest BCUT2D eigenvalue weighted by Crippen LogP contribution is -2.10. The minimum Gasteiger partial charge on any atom is -0.382 e. The molecule has 2 aromatic rings. The summed E-state index contributed by atoms with van der Waals surface area (Å²) in [5.74, 6) is 0. The summed E-state index contributed by atoms with van der Waals surface area (Å²) < 4.78 is 1.70. The fraction of sp³-hybridized carbons (Fsp3) is 0.308. The third-order valence-corrected chi connectivity index (χ3v) is 3.82. The van der Waals surface area contributed by atoms with Crippen molar-refractivity contribution in [3.8, 4) is 0 Å². The van der Waals surface area contributed by atoms with Gasteiger partial charge in [0.1, 0.15) is 6.10 Å². The van der Waals surface area contributed by atoms with Gasteiger partial charge in [0.25, 0.3) is 0 Å². The first-order chi connectivity index (χ1) is 9.04. The Hall–Kier alpha value is -0.740. The lowest BCUT2D eigenvalue weighted by atomic mass is 10.1. The summed E-state index contributed by atoms with van der Waals surface area (Å²) in [6.45, 7) is 2.73. The standard InChI is InChI=1S/C13H13Cl3N2O/c1-2-5-18-12(11(16)7-17-18)13(19)8-3-4-9(14)10(15)6-8/h3-4,6-7,13,19H,2,5H2,1H3. The normalized spacial score (nSPS) is 12.7. The zero-order chi connectivity index (χ0) is 14.0. The maximum Gasteiger partial charge on any atom is 0.122 e. The first kappa shape index (κ1) is 14.7. The lowest BCUT2D eigenvalue weighted by Gasteiger charge is -2.14. The maximum absolute atomic E-state index is 10.4. The third kappa shape index (κ3) is 3.06. The van der Waals surface area contributed by atoms with E-state index >= 15 is 0 Å². The van der Waals surface area contributed by atoms with Crippen LogP contribution < -0.4 is 0 Å². The molecular weight excluding hydrogens is 307 g/mol. The summed E-state index contributed by atoms with van der Waals surface area (Å²) in [5, 5.41) is 15.9. The van der Waals surface area contributed by atoms with Crippen LogP contribution in [0.5, 0.6) is 0 Å². The molecule has 1 atom stereocenters. The molecule has 2 rings (SSSR count). The van der Waals surface area contributed by atoms with Gasteiger partial charge in [0.2, 0.25) is 0 Å². The van der Waals surface area contributed by atoms with E-state index in [1.165, 1.54) is 6.20 Å². The maximum atomic E-state index is 10.4. The largest absolute Gasteiger partial charge is 0.382 e. The van der Waals surface area contributed by atoms with Crippen LogP contribution in [0.2, 0.25) is 15.1 Å². The van der Waals surface area contributed by atoms with Crippen LogP contribution >= 0.6 is 34.8 Å². The van der Waals surface area contributed by atoms with Crippen LogP contribution in [0.4, 0.5) is 0 Å². The summed E-state index contributed by atoms with van der Waals surface area (Å²) in [5.41, 5.74) is 1.20. The first-order valence-electron chi connectivity index (χ1n) is 5.88. The molecule has 0 bridgehead atoms. The molecule has 1 aromatic heterocycles. The predicted molar refractivity (Wildman–Crippen MR) is 78.1 cm³/mol. The second-order valence-electron chi connectivity index (χ2n) is 4.18. The molecule has 3 nitrogen and oxygen atoms in total. The number of benzene rings is 1. The molecule has 0 fully saturated rings. The first-order valence-corrected chi connectivity index (χ1v) is 7.02. The van der Waals surface area contributed by atoms with Crippen LogP contribution in [0, 0.1) is 0 Å². The summed E-state index contributed by atoms with van der Waals surface area (Å²) in [6.07, 6.45) is 1.56. The fourth-order valence-electron chi connectivity index (χ4n) is 1.87. The van der Waals surface area contributed by atoms with Crippen molar-refractivity contribution in [3.63, 3.8) is 0 Å². The molecule has 0 aliphatic rings. The molecule has 0 spiro atoms. The van der Waals surface area contributed by atoms with Gasteiger partial charge in [0.15, 0.2) is 0 Å². The molecule has 102 valence electrons. The number of halogens is 3. The topological polar surface area (TPSA) is 38.0 Å². The zero-order valence-electron chi connectivity index (χ0n) is 10.3. The lowest BCUT2D eigenvalue weighted by molar-refractivity contribution is 0.207. The van der Waals surface area contributed by atoms with Gasteiger partial charge in [-0.25, -0.2) is 0 Å². The average Bonchev–Trinajstić information content (AvgIpc) is 2.74. The van der Waals surface area contributed by atoms with Crippen LogP contribution in [-0.2, 0) is 6.54 Å². The molecule has 1 heterocycles. The molecule has 0 amide bonds. The number of aryl methyl sites for hydroxylation is 1. The molecule has 1 aromatic carbocycles. The molecule has 0 saturated heterocycles. The smallest absolute Gasteiger partial charge is 0.122 e. The Morgan fingerprint density at radius 2 is 1.95 bits per heavy atom. The Bertz CT molecular complexity index is 583. The van der Waals surface area contributed by atoms with E-state index in [4.69, 9.17) is 34.8 Å². The van der Waals surface area contributed by atoms with Gasteiger partial charge in [-0.15, -0.1) is 0 Å². The highest BCUT2D eigenvalue weighted by molar-refractivity contribution is 6.42. The van der Waals surface area contributed by atoms with Crippen molar-refractivity contribution in [2.75, 3.05) is 0 Å². The van der Waals surface area contributed by atoms with Gasteiger partial charge in [-0.1, -0.05) is 47.8 Å². The zero-order valence-corrected chi connectivity index (χ0v) is 12.5. The van der Waals surface area contributed by atoms with Gasteiger partial charge >= 0.3 is 0 Å². The number of hydrogen-bond donors (Lipinski definition) is 1. The summed E-state index contributed by atoms with van der Waals surface area (Å²) in [4.78, 5) is 0. The molecular formula is C13H13Cl3N2O. The Kier molecular flexibility index (Phi) is 4.74. The van der Waals surface area contributed by atoms with Gasteiger partial charge in [-0.05, 0) is 24.1 Å². The van der Waals surface area contributed by atoms with Crippen LogP contribution in [0.15, 0.2) is 24.4 Å². The summed E-state index contributed by atoms with van der Waals surface area (Å²) in [7, 11) is 0. The highest BCUT2D eigenvalue weighted by Crippen LogP contribution is 2.31. The van der Waals surface area contributed by atoms with Gasteiger partial charge < -0.3 is 5.11 Å². The van der Waals surface area contributed by atoms with Gasteiger partial charge in [-0.3, -0.25) is 4.68 Å². The molecule has 0 radical (unpaired) electrons. The second kappa shape index (κ2) is 6.14. The average molecular weight is 320 g/mol. The van der Waals surface area contributed by atoms with Gasteiger partial charge in [0, 0.05) is 6.54 Å². The highest BCUT2D eigenvalue weighted by Gasteiger charge is 2.20. The van der Waals surface area contributed by atoms with E-state index < -0.39 is 6.10 Å². The third-order valence-electron chi connectivity index (χ3n) is 2.79. The molecule has 0 saturated carbocycles. The molecule has 19 heavy (non-hydrogen) atoms. The van der Waals surface area contributed by atoms with Crippen molar-refractivity contribution in [1.82, 2.24) is 9.78 Å². The van der Waals surface area contributed by atoms with Crippen molar-refractivity contribution < 1.29 is 5.11 Å². The van der Waals surface area contributed by atoms with Crippen molar-refractivity contribution in [1.29, 1.82) is 0 Å². The Morgan fingerprint density at radius 1 is 1.21 bits per heavy atom. The van der Waals surface area contributed by atoms with E-state index in [1.54, 1.807) is 22.9 Å². The Labute approximate surface area is 126 Å². The Balaban J connectivity index is 2.40. The van der Waals surface area contributed by atoms with E-state index in [2.05, 4.69) is 5.10 Å². The van der Waals surface area contributed by atoms with Crippen molar-refractivity contribution in [3.05, 3.63) is 50.7 Å². The van der Waals surface area contributed by atoms with Crippen molar-refractivity contribution in [2.24, 2.45) is 0 Å². The predicted octanol–water partition coefficient (Wildman–Crippen LogP) is 4.34. The van der Waals surface area contributed by atoms with E-state index in [9.17, 15) is 5.11 Å². The Morgan fingerprint density at radius 3 is 2.58 bits per heavy atom. The minimum atomic E-state index is -0.878. The van der Waals surface area contributed by atoms with Crippen LogP contribution in [0.25, 0.3) is 0 Å². The van der Waals surface area contributed by atoms with E-state index in [0.29, 0.717) is 32.9 Å². The van der Waals surface area contributed by atoms with E-state index in [0.717, 1.165) is 6.42 Å². The van der Waals surface area contributed by atoms with Crippen LogP contribution in [0.1, 0.15) is 30.7 Å². The fourth-order valence-corrected chi connectivity index (χ4v) is 2.43. The van der Waals surface area contributed by atoms with E-state index in [1.807, 2.05) is 6.92 Å². The SMILES string of the molecule is CCCn1ncc(Cl)c1C(O)c1ccc(Cl)c(Cl)c1. The molecule has 1 N–H and O–H groups in total. The molecule has 1 unspecified atom stereocenters. The summed E-state index contributed by atoms with van der Waals surface area (Å²) in [6, 6.07) is 5.00. The van der Waals surface area contributed by atoms with Crippen LogP contribution in [-0.4, -0.2) is 14.9 Å². The van der Waals surface area contributed by atoms with Crippen molar-refractivity contribution in [2.45, 2.75) is 26.0 Å². The minimum absolute atomic E-state index is 0.399. The summed E-state index contributed by atoms with van der Waals surface area (Å²) >= 11 is 17.9. The second-order valence-corrected chi connectivity index (χ2v) is 5.40. The van der Waals surface area contributed by atoms with Crippen LogP contribution in [0.3, 0.4) is 0 Å². The van der Waals surface area contributed by atoms with Gasteiger partial charge in [-0.2, -0.15) is 5.10 Å². The van der Waals surface area contributed by atoms with Crippen molar-refractivity contribution >= 4 is 34.8 Å². The van der Waals surface area contributed by atoms with Gasteiger partial charge in [0.05, 0.1) is 27.0 Å². The van der Waals surface area contributed by atoms with E-state index in [-0.39, 0.29) is 0 Å². The molecule has 0 aliphatic heterocycles. The number of aliphatic hydroxyl groups is 1. The number of hydrogen-bond acceptors (Lipinski definition) is 2.